The summed E-state index contributed by atoms with van der Waals surface area (Å²) in [5.74, 6) is -0.767. The van der Waals surface area contributed by atoms with Crippen molar-refractivity contribution in [3.8, 4) is 11.1 Å². The van der Waals surface area contributed by atoms with Crippen LogP contribution in [0.4, 0.5) is 8.78 Å². The van der Waals surface area contributed by atoms with Gasteiger partial charge in [0.15, 0.2) is 0 Å². The molecule has 0 spiro atoms. The molecule has 4 rings (SSSR count). The molecule has 0 N–H and O–H groups in total. The van der Waals surface area contributed by atoms with E-state index in [-0.39, 0.29) is 29.4 Å². The van der Waals surface area contributed by atoms with Gasteiger partial charge in [0.25, 0.3) is 5.56 Å². The second kappa shape index (κ2) is 7.94. The van der Waals surface area contributed by atoms with Gasteiger partial charge in [-0.3, -0.25) is 14.2 Å². The van der Waals surface area contributed by atoms with Gasteiger partial charge in [0, 0.05) is 24.8 Å². The zero-order valence-corrected chi connectivity index (χ0v) is 16.3. The molecule has 152 valence electrons. The lowest BCUT2D eigenvalue weighted by atomic mass is 10.1. The van der Waals surface area contributed by atoms with Gasteiger partial charge in [-0.1, -0.05) is 17.7 Å². The number of fused-ring (bicyclic) bond motifs is 1. The van der Waals surface area contributed by atoms with E-state index >= 15 is 0 Å². The molecular weight excluding hydrogens is 402 g/mol. The number of halogens is 3. The molecule has 0 unspecified atom stereocenters. The summed E-state index contributed by atoms with van der Waals surface area (Å²) in [6.07, 6.45) is 4.79. The van der Waals surface area contributed by atoms with E-state index in [1.54, 1.807) is 17.2 Å². The Hall–Kier alpha value is -2.74. The largest absolute Gasteiger partial charge is 0.341 e. The number of nitrogens with zero attached hydrogens (tertiary/aromatic N) is 4. The summed E-state index contributed by atoms with van der Waals surface area (Å²) in [7, 11) is 0. The minimum absolute atomic E-state index is 0.00966. The predicted octanol–water partition coefficient (Wildman–Crippen LogP) is 3.25. The fourth-order valence-corrected chi connectivity index (χ4v) is 3.80. The Kier molecular flexibility index (Phi) is 5.36. The van der Waals surface area contributed by atoms with E-state index in [1.807, 2.05) is 0 Å². The second-order valence-electron chi connectivity index (χ2n) is 7.02. The lowest BCUT2D eigenvalue weighted by Crippen LogP contribution is -2.34. The first-order valence-corrected chi connectivity index (χ1v) is 9.75. The summed E-state index contributed by atoms with van der Waals surface area (Å²) in [6, 6.07) is 4.21. The van der Waals surface area contributed by atoms with Gasteiger partial charge in [0.2, 0.25) is 5.91 Å². The van der Waals surface area contributed by atoms with E-state index in [2.05, 4.69) is 4.98 Å². The molecule has 1 amide bonds. The molecule has 2 aromatic heterocycles. The molecule has 1 saturated heterocycles. The molecule has 1 aliphatic heterocycles. The summed E-state index contributed by atoms with van der Waals surface area (Å²) in [6.45, 7) is 0.619. The van der Waals surface area contributed by atoms with Crippen LogP contribution in [-0.4, -0.2) is 44.7 Å². The van der Waals surface area contributed by atoms with Crippen LogP contribution in [0.1, 0.15) is 12.8 Å². The van der Waals surface area contributed by atoms with Gasteiger partial charge in [0.1, 0.15) is 31.0 Å². The minimum atomic E-state index is -0.642. The van der Waals surface area contributed by atoms with Crippen LogP contribution in [0.15, 0.2) is 35.5 Å². The Bertz CT molecular complexity index is 1140. The number of carbonyl (C=O) groups is 1. The smallest absolute Gasteiger partial charge is 0.263 e. The maximum Gasteiger partial charge on any atom is 0.263 e. The maximum atomic E-state index is 14.0. The van der Waals surface area contributed by atoms with Crippen molar-refractivity contribution >= 4 is 28.5 Å². The summed E-state index contributed by atoms with van der Waals surface area (Å²) < 4.78 is 29.8. The van der Waals surface area contributed by atoms with Crippen LogP contribution in [0, 0.1) is 5.82 Å². The molecule has 1 fully saturated rings. The Morgan fingerprint density at radius 2 is 1.97 bits per heavy atom. The van der Waals surface area contributed by atoms with Crippen LogP contribution < -0.4 is 5.56 Å². The van der Waals surface area contributed by atoms with Crippen molar-refractivity contribution in [2.24, 2.45) is 0 Å². The molecule has 6 nitrogen and oxygen atoms in total. The summed E-state index contributed by atoms with van der Waals surface area (Å²) >= 11 is 5.77. The molecule has 1 aromatic carbocycles. The van der Waals surface area contributed by atoms with E-state index in [4.69, 9.17) is 11.6 Å². The van der Waals surface area contributed by atoms with Crippen LogP contribution in [-0.2, 0) is 17.9 Å². The minimum Gasteiger partial charge on any atom is -0.341 e. The Morgan fingerprint density at radius 3 is 2.66 bits per heavy atom. The van der Waals surface area contributed by atoms with E-state index < -0.39 is 18.1 Å². The molecule has 0 atom stereocenters. The Balaban J connectivity index is 1.83. The van der Waals surface area contributed by atoms with Gasteiger partial charge < -0.3 is 9.47 Å². The van der Waals surface area contributed by atoms with Crippen molar-refractivity contribution < 1.29 is 13.6 Å². The molecule has 0 aliphatic carbocycles. The molecule has 29 heavy (non-hydrogen) atoms. The third-order valence-electron chi connectivity index (χ3n) is 5.16. The molecule has 0 bridgehead atoms. The lowest BCUT2D eigenvalue weighted by Gasteiger charge is -2.15. The van der Waals surface area contributed by atoms with Crippen molar-refractivity contribution in [2.75, 3.05) is 19.8 Å². The molecule has 9 heteroatoms. The van der Waals surface area contributed by atoms with Crippen molar-refractivity contribution in [3.05, 3.63) is 51.9 Å². The van der Waals surface area contributed by atoms with Gasteiger partial charge in [0.05, 0.1) is 17.0 Å². The molecule has 0 saturated carbocycles. The monoisotopic (exact) mass is 420 g/mol. The van der Waals surface area contributed by atoms with Crippen molar-refractivity contribution in [2.45, 2.75) is 25.9 Å². The van der Waals surface area contributed by atoms with Crippen LogP contribution in [0.25, 0.3) is 22.2 Å². The van der Waals surface area contributed by atoms with Gasteiger partial charge in [-0.15, -0.1) is 0 Å². The predicted molar refractivity (Wildman–Crippen MR) is 106 cm³/mol. The fourth-order valence-electron chi connectivity index (χ4n) is 3.68. The van der Waals surface area contributed by atoms with Crippen LogP contribution >= 0.6 is 11.6 Å². The number of amides is 1. The SMILES string of the molecule is O=C(Cn1cnc2c(c(-c3ccc(Cl)c(F)c3)cn2CCF)c1=O)N1CCCC1. The first-order chi connectivity index (χ1) is 14.0. The third kappa shape index (κ3) is 3.64. The quantitative estimate of drug-likeness (QED) is 0.636. The first-order valence-electron chi connectivity index (χ1n) is 9.37. The molecule has 0 radical (unpaired) electrons. The topological polar surface area (TPSA) is 60.1 Å². The highest BCUT2D eigenvalue weighted by atomic mass is 35.5. The van der Waals surface area contributed by atoms with Crippen molar-refractivity contribution in [1.29, 1.82) is 0 Å². The number of likely N-dealkylation sites (tertiary alicyclic amines) is 1. The number of aryl methyl sites for hydroxylation is 1. The number of carbonyl (C=O) groups excluding carboxylic acids is 1. The number of benzene rings is 1. The normalized spacial score (nSPS) is 14.1. The summed E-state index contributed by atoms with van der Waals surface area (Å²) in [5, 5.41) is 0.185. The number of alkyl halides is 1. The maximum absolute atomic E-state index is 14.0. The van der Waals surface area contributed by atoms with E-state index in [0.29, 0.717) is 29.9 Å². The standard InChI is InChI=1S/C20H19ClF2N4O2/c21-15-4-3-13(9-16(15)23)14-10-26(8-5-22)19-18(14)20(29)27(12-24-19)11-17(28)25-6-1-2-7-25/h3-4,9-10,12H,1-2,5-8,11H2. The average molecular weight is 421 g/mol. The second-order valence-corrected chi connectivity index (χ2v) is 7.43. The van der Waals surface area contributed by atoms with E-state index in [9.17, 15) is 18.4 Å². The number of rotatable bonds is 5. The van der Waals surface area contributed by atoms with Crippen LogP contribution in [0.3, 0.4) is 0 Å². The zero-order chi connectivity index (χ0) is 20.5. The fraction of sp³-hybridized carbons (Fsp3) is 0.350. The summed E-state index contributed by atoms with van der Waals surface area (Å²) in [5.41, 5.74) is 0.718. The third-order valence-corrected chi connectivity index (χ3v) is 5.47. The highest BCUT2D eigenvalue weighted by Crippen LogP contribution is 2.30. The average Bonchev–Trinajstić information content (AvgIpc) is 3.35. The molecule has 3 aromatic rings. The number of hydrogen-bond acceptors (Lipinski definition) is 3. The molecule has 1 aliphatic rings. The van der Waals surface area contributed by atoms with Gasteiger partial charge in [-0.2, -0.15) is 0 Å². The van der Waals surface area contributed by atoms with E-state index in [0.717, 1.165) is 12.8 Å². The lowest BCUT2D eigenvalue weighted by molar-refractivity contribution is -0.130. The van der Waals surface area contributed by atoms with Gasteiger partial charge in [-0.05, 0) is 30.5 Å². The van der Waals surface area contributed by atoms with Crippen LogP contribution in [0.5, 0.6) is 0 Å². The van der Waals surface area contributed by atoms with Crippen LogP contribution in [0.2, 0.25) is 5.02 Å². The molecular formula is C20H19ClF2N4O2. The zero-order valence-electron chi connectivity index (χ0n) is 15.6. The molecule has 3 heterocycles. The summed E-state index contributed by atoms with van der Waals surface area (Å²) in [4.78, 5) is 31.7. The first kappa shape index (κ1) is 19.6. The van der Waals surface area contributed by atoms with Crippen molar-refractivity contribution in [1.82, 2.24) is 19.0 Å². The number of aromatic nitrogens is 3. The van der Waals surface area contributed by atoms with Gasteiger partial charge >= 0.3 is 0 Å². The Morgan fingerprint density at radius 1 is 1.21 bits per heavy atom. The number of hydrogen-bond donors (Lipinski definition) is 0. The highest BCUT2D eigenvalue weighted by Gasteiger charge is 2.21. The highest BCUT2D eigenvalue weighted by molar-refractivity contribution is 6.30. The van der Waals surface area contributed by atoms with E-state index in [1.165, 1.54) is 27.6 Å². The Labute approximate surface area is 170 Å². The van der Waals surface area contributed by atoms with Gasteiger partial charge in [-0.25, -0.2) is 13.8 Å². The van der Waals surface area contributed by atoms with Crippen molar-refractivity contribution in [3.63, 3.8) is 0 Å².